The molecule has 1 N–H and O–H groups in total. The number of nitrogens with one attached hydrogen (secondary N) is 1. The molecule has 54 valence electrons. The van der Waals surface area contributed by atoms with Crippen molar-refractivity contribution in [3.63, 3.8) is 0 Å². The lowest BCUT2D eigenvalue weighted by molar-refractivity contribution is 0.940. The van der Waals surface area contributed by atoms with Crippen LogP contribution in [0.25, 0.3) is 0 Å². The van der Waals surface area contributed by atoms with E-state index in [1.54, 1.807) is 6.20 Å². The summed E-state index contributed by atoms with van der Waals surface area (Å²) < 4.78 is 0. The maximum atomic E-state index is 11.0. The van der Waals surface area contributed by atoms with Crippen molar-refractivity contribution in [3.8, 4) is 0 Å². The first-order valence-electron chi connectivity index (χ1n) is 3.29. The van der Waals surface area contributed by atoms with Crippen LogP contribution in [0.2, 0.25) is 0 Å². The van der Waals surface area contributed by atoms with Gasteiger partial charge < -0.3 is 4.98 Å². The summed E-state index contributed by atoms with van der Waals surface area (Å²) in [6.45, 7) is 3.72. The van der Waals surface area contributed by atoms with E-state index in [2.05, 4.69) is 9.97 Å². The van der Waals surface area contributed by atoms with Gasteiger partial charge in [-0.2, -0.15) is 0 Å². The SMILES string of the molecule is CCc1ncc(C)[nH]c1=O. The van der Waals surface area contributed by atoms with Crippen LogP contribution in [-0.4, -0.2) is 9.97 Å². The van der Waals surface area contributed by atoms with Crippen molar-refractivity contribution in [1.82, 2.24) is 9.97 Å². The highest BCUT2D eigenvalue weighted by atomic mass is 16.1. The maximum absolute atomic E-state index is 11.0. The van der Waals surface area contributed by atoms with Gasteiger partial charge in [-0.05, 0) is 13.3 Å². The Balaban J connectivity index is 3.20. The summed E-state index contributed by atoms with van der Waals surface area (Å²) in [4.78, 5) is 17.6. The number of H-pyrrole nitrogens is 1. The molecule has 3 heteroatoms. The molecular weight excluding hydrogens is 128 g/mol. The summed E-state index contributed by atoms with van der Waals surface area (Å²) in [6.07, 6.45) is 2.36. The van der Waals surface area contributed by atoms with Crippen LogP contribution in [0, 0.1) is 6.92 Å². The molecule has 1 aromatic rings. The third-order valence-corrected chi connectivity index (χ3v) is 1.32. The first kappa shape index (κ1) is 6.99. The van der Waals surface area contributed by atoms with Crippen molar-refractivity contribution < 1.29 is 0 Å². The first-order chi connectivity index (χ1) is 4.74. The lowest BCUT2D eigenvalue weighted by Gasteiger charge is -1.93. The molecule has 0 amide bonds. The molecule has 3 nitrogen and oxygen atoms in total. The Morgan fingerprint density at radius 1 is 1.70 bits per heavy atom. The molecule has 0 aliphatic heterocycles. The van der Waals surface area contributed by atoms with Gasteiger partial charge in [-0.15, -0.1) is 0 Å². The zero-order valence-electron chi connectivity index (χ0n) is 6.14. The van der Waals surface area contributed by atoms with E-state index in [1.165, 1.54) is 0 Å². The Hall–Kier alpha value is -1.12. The van der Waals surface area contributed by atoms with Crippen LogP contribution in [-0.2, 0) is 6.42 Å². The molecule has 1 aromatic heterocycles. The second kappa shape index (κ2) is 2.64. The lowest BCUT2D eigenvalue weighted by atomic mass is 10.3. The van der Waals surface area contributed by atoms with E-state index in [0.717, 1.165) is 5.69 Å². The van der Waals surface area contributed by atoms with Crippen LogP contribution in [0.15, 0.2) is 11.0 Å². The maximum Gasteiger partial charge on any atom is 0.269 e. The zero-order valence-corrected chi connectivity index (χ0v) is 6.14. The summed E-state index contributed by atoms with van der Waals surface area (Å²) in [5, 5.41) is 0. The largest absolute Gasteiger partial charge is 0.323 e. The normalized spacial score (nSPS) is 9.80. The molecule has 10 heavy (non-hydrogen) atoms. The summed E-state index contributed by atoms with van der Waals surface area (Å²) in [5.74, 6) is 0. The molecule has 0 saturated carbocycles. The highest BCUT2D eigenvalue weighted by Gasteiger charge is 1.95. The minimum Gasteiger partial charge on any atom is -0.323 e. The molecule has 0 radical (unpaired) electrons. The quantitative estimate of drug-likeness (QED) is 0.619. The van der Waals surface area contributed by atoms with Gasteiger partial charge in [0, 0.05) is 11.9 Å². The molecule has 1 heterocycles. The fourth-order valence-corrected chi connectivity index (χ4v) is 0.769. The average molecular weight is 138 g/mol. The molecule has 0 fully saturated rings. The number of hydrogen-bond acceptors (Lipinski definition) is 2. The van der Waals surface area contributed by atoms with Crippen LogP contribution in [0.1, 0.15) is 18.3 Å². The molecule has 0 saturated heterocycles. The van der Waals surface area contributed by atoms with Crippen molar-refractivity contribution in [3.05, 3.63) is 27.9 Å². The van der Waals surface area contributed by atoms with Crippen molar-refractivity contribution in [2.24, 2.45) is 0 Å². The Kier molecular flexibility index (Phi) is 1.85. The minimum absolute atomic E-state index is 0.0671. The Labute approximate surface area is 59.1 Å². The molecule has 0 aliphatic rings. The van der Waals surface area contributed by atoms with Crippen molar-refractivity contribution in [2.75, 3.05) is 0 Å². The van der Waals surface area contributed by atoms with Gasteiger partial charge in [0.25, 0.3) is 5.56 Å². The van der Waals surface area contributed by atoms with E-state index in [-0.39, 0.29) is 5.56 Å². The van der Waals surface area contributed by atoms with Gasteiger partial charge >= 0.3 is 0 Å². The van der Waals surface area contributed by atoms with Gasteiger partial charge in [-0.3, -0.25) is 9.78 Å². The Bertz CT molecular complexity index is 277. The second-order valence-corrected chi connectivity index (χ2v) is 2.20. The molecule has 0 unspecified atom stereocenters. The Morgan fingerprint density at radius 3 is 2.90 bits per heavy atom. The monoisotopic (exact) mass is 138 g/mol. The summed E-state index contributed by atoms with van der Waals surface area (Å²) >= 11 is 0. The number of hydrogen-bond donors (Lipinski definition) is 1. The number of aryl methyl sites for hydroxylation is 2. The van der Waals surface area contributed by atoms with Crippen molar-refractivity contribution in [1.29, 1.82) is 0 Å². The summed E-state index contributed by atoms with van der Waals surface area (Å²) in [5.41, 5.74) is 1.34. The topological polar surface area (TPSA) is 45.8 Å². The van der Waals surface area contributed by atoms with Crippen molar-refractivity contribution in [2.45, 2.75) is 20.3 Å². The Morgan fingerprint density at radius 2 is 2.40 bits per heavy atom. The standard InChI is InChI=1S/C7H10N2O/c1-3-6-7(10)9-5(2)4-8-6/h4H,3H2,1-2H3,(H,9,10). The fourth-order valence-electron chi connectivity index (χ4n) is 0.769. The molecular formula is C7H10N2O. The third-order valence-electron chi connectivity index (χ3n) is 1.32. The number of aromatic amines is 1. The molecule has 1 rings (SSSR count). The molecule has 0 aromatic carbocycles. The van der Waals surface area contributed by atoms with Gasteiger partial charge in [-0.1, -0.05) is 6.92 Å². The van der Waals surface area contributed by atoms with E-state index in [0.29, 0.717) is 12.1 Å². The van der Waals surface area contributed by atoms with Gasteiger partial charge in [0.2, 0.25) is 0 Å². The minimum atomic E-state index is -0.0671. The number of rotatable bonds is 1. The first-order valence-corrected chi connectivity index (χ1v) is 3.29. The highest BCUT2D eigenvalue weighted by Crippen LogP contribution is 1.86. The van der Waals surface area contributed by atoms with E-state index in [4.69, 9.17) is 0 Å². The number of aromatic nitrogens is 2. The van der Waals surface area contributed by atoms with Crippen molar-refractivity contribution >= 4 is 0 Å². The average Bonchev–Trinajstić information content (AvgIpc) is 1.88. The van der Waals surface area contributed by atoms with Crippen LogP contribution in [0.3, 0.4) is 0 Å². The van der Waals surface area contributed by atoms with Crippen LogP contribution in [0.4, 0.5) is 0 Å². The number of nitrogens with zero attached hydrogens (tertiary/aromatic N) is 1. The van der Waals surface area contributed by atoms with Gasteiger partial charge in [0.1, 0.15) is 5.69 Å². The van der Waals surface area contributed by atoms with E-state index >= 15 is 0 Å². The van der Waals surface area contributed by atoms with Gasteiger partial charge in [-0.25, -0.2) is 0 Å². The van der Waals surface area contributed by atoms with E-state index in [1.807, 2.05) is 13.8 Å². The summed E-state index contributed by atoms with van der Waals surface area (Å²) in [7, 11) is 0. The predicted molar refractivity (Wildman–Crippen MR) is 39.0 cm³/mol. The van der Waals surface area contributed by atoms with Gasteiger partial charge in [0.05, 0.1) is 0 Å². The van der Waals surface area contributed by atoms with Crippen LogP contribution >= 0.6 is 0 Å². The predicted octanol–water partition coefficient (Wildman–Crippen LogP) is 0.641. The van der Waals surface area contributed by atoms with Crippen LogP contribution in [0.5, 0.6) is 0 Å². The summed E-state index contributed by atoms with van der Waals surface area (Å²) in [6, 6.07) is 0. The molecule has 0 spiro atoms. The van der Waals surface area contributed by atoms with Gasteiger partial charge in [0.15, 0.2) is 0 Å². The molecule has 0 aliphatic carbocycles. The lowest BCUT2D eigenvalue weighted by Crippen LogP contribution is -2.14. The second-order valence-electron chi connectivity index (χ2n) is 2.20. The fraction of sp³-hybridized carbons (Fsp3) is 0.429. The smallest absolute Gasteiger partial charge is 0.269 e. The van der Waals surface area contributed by atoms with E-state index in [9.17, 15) is 4.79 Å². The molecule has 0 bridgehead atoms. The molecule has 0 atom stereocenters. The zero-order chi connectivity index (χ0) is 7.56. The van der Waals surface area contributed by atoms with Crippen LogP contribution < -0.4 is 5.56 Å². The highest BCUT2D eigenvalue weighted by molar-refractivity contribution is 5.00. The van der Waals surface area contributed by atoms with E-state index < -0.39 is 0 Å². The third kappa shape index (κ3) is 1.23.